The van der Waals surface area contributed by atoms with E-state index in [9.17, 15) is 14.9 Å². The number of nitrogens with zero attached hydrogens (tertiary/aromatic N) is 1. The minimum atomic E-state index is -0.372. The standard InChI is InChI=1S/C23H23N3O4/c27-23-22-11-20(8-3-15(22)12-24-23)30-13-16-9-17-4-5-18(25-17)10-21(16)14-1-6-19(7-2-14)26(28)29/h1-3,6-8,11,17-18,25H,4-5,9-10,12-13H2,(H,24,27). The van der Waals surface area contributed by atoms with Crippen LogP contribution in [-0.4, -0.2) is 29.5 Å². The van der Waals surface area contributed by atoms with Crippen molar-refractivity contribution < 1.29 is 14.5 Å². The molecular formula is C23H23N3O4. The van der Waals surface area contributed by atoms with Crippen LogP contribution in [0.4, 0.5) is 5.69 Å². The Balaban J connectivity index is 1.43. The number of benzene rings is 2. The molecule has 154 valence electrons. The normalized spacial score (nSPS) is 22.5. The maximum absolute atomic E-state index is 11.9. The third kappa shape index (κ3) is 3.57. The second-order valence-corrected chi connectivity index (χ2v) is 8.22. The number of amides is 1. The van der Waals surface area contributed by atoms with E-state index >= 15 is 0 Å². The van der Waals surface area contributed by atoms with E-state index in [1.165, 1.54) is 11.1 Å². The number of ether oxygens (including phenoxy) is 1. The van der Waals surface area contributed by atoms with Crippen LogP contribution in [0.15, 0.2) is 48.0 Å². The van der Waals surface area contributed by atoms with Crippen molar-refractivity contribution in [3.63, 3.8) is 0 Å². The average molecular weight is 405 g/mol. The Kier molecular flexibility index (Phi) is 4.75. The van der Waals surface area contributed by atoms with Crippen LogP contribution >= 0.6 is 0 Å². The molecule has 2 N–H and O–H groups in total. The van der Waals surface area contributed by atoms with E-state index in [4.69, 9.17) is 4.74 Å². The molecule has 2 unspecified atom stereocenters. The summed E-state index contributed by atoms with van der Waals surface area (Å²) >= 11 is 0. The molecule has 0 spiro atoms. The van der Waals surface area contributed by atoms with Crippen LogP contribution < -0.4 is 15.4 Å². The van der Waals surface area contributed by atoms with Gasteiger partial charge in [-0.2, -0.15) is 0 Å². The van der Waals surface area contributed by atoms with Crippen LogP contribution in [0.1, 0.15) is 47.2 Å². The van der Waals surface area contributed by atoms with Crippen LogP contribution in [0.3, 0.4) is 0 Å². The topological polar surface area (TPSA) is 93.5 Å². The SMILES string of the molecule is O=C1NCc2ccc(OCC3=C(c4ccc([N+](=O)[O-])cc4)CC4CCC(C3)N4)cc21. The average Bonchev–Trinajstić information content (AvgIpc) is 3.29. The minimum absolute atomic E-state index is 0.0581. The largest absolute Gasteiger partial charge is 0.489 e. The lowest BCUT2D eigenvalue weighted by Crippen LogP contribution is -2.27. The molecular weight excluding hydrogens is 382 g/mol. The maximum Gasteiger partial charge on any atom is 0.269 e. The first kappa shape index (κ1) is 18.8. The van der Waals surface area contributed by atoms with Crippen molar-refractivity contribution in [3.8, 4) is 5.75 Å². The highest BCUT2D eigenvalue weighted by Crippen LogP contribution is 2.36. The number of hydrogen-bond acceptors (Lipinski definition) is 5. The van der Waals surface area contributed by atoms with Gasteiger partial charge < -0.3 is 15.4 Å². The second-order valence-electron chi connectivity index (χ2n) is 8.22. The van der Waals surface area contributed by atoms with Crippen LogP contribution in [-0.2, 0) is 6.54 Å². The Labute approximate surface area is 174 Å². The Morgan fingerprint density at radius 1 is 1.07 bits per heavy atom. The first-order chi connectivity index (χ1) is 14.6. The van der Waals surface area contributed by atoms with Crippen molar-refractivity contribution in [1.29, 1.82) is 0 Å². The highest BCUT2D eigenvalue weighted by Gasteiger charge is 2.31. The van der Waals surface area contributed by atoms with Gasteiger partial charge in [0.2, 0.25) is 0 Å². The predicted molar refractivity (Wildman–Crippen MR) is 112 cm³/mol. The number of hydrogen-bond donors (Lipinski definition) is 2. The fourth-order valence-corrected chi connectivity index (χ4v) is 4.74. The third-order valence-corrected chi connectivity index (χ3v) is 6.31. The van der Waals surface area contributed by atoms with Gasteiger partial charge in [0, 0.05) is 36.3 Å². The molecule has 5 rings (SSSR count). The van der Waals surface area contributed by atoms with Crippen molar-refractivity contribution >= 4 is 17.2 Å². The lowest BCUT2D eigenvalue weighted by Gasteiger charge is -2.19. The summed E-state index contributed by atoms with van der Waals surface area (Å²) in [5, 5.41) is 17.5. The molecule has 1 fully saturated rings. The number of carbonyl (C=O) groups is 1. The zero-order chi connectivity index (χ0) is 20.7. The van der Waals surface area contributed by atoms with E-state index in [1.807, 2.05) is 30.3 Å². The Bertz CT molecular complexity index is 1040. The first-order valence-corrected chi connectivity index (χ1v) is 10.3. The lowest BCUT2D eigenvalue weighted by atomic mass is 9.89. The van der Waals surface area contributed by atoms with E-state index < -0.39 is 0 Å². The van der Waals surface area contributed by atoms with Crippen molar-refractivity contribution in [2.24, 2.45) is 0 Å². The summed E-state index contributed by atoms with van der Waals surface area (Å²) in [6.07, 6.45) is 4.09. The number of carbonyl (C=O) groups excluding carboxylic acids is 1. The molecule has 3 aliphatic heterocycles. The molecule has 7 heteroatoms. The highest BCUT2D eigenvalue weighted by atomic mass is 16.6. The van der Waals surface area contributed by atoms with Crippen LogP contribution in [0.2, 0.25) is 0 Å². The van der Waals surface area contributed by atoms with E-state index in [1.54, 1.807) is 12.1 Å². The number of non-ortho nitro benzene ring substituents is 1. The maximum atomic E-state index is 11.9. The summed E-state index contributed by atoms with van der Waals surface area (Å²) in [6.45, 7) is 1.01. The van der Waals surface area contributed by atoms with Gasteiger partial charge in [-0.15, -0.1) is 0 Å². The molecule has 1 amide bonds. The lowest BCUT2D eigenvalue weighted by molar-refractivity contribution is -0.384. The van der Waals surface area contributed by atoms with Crippen molar-refractivity contribution in [3.05, 3.63) is 74.8 Å². The summed E-state index contributed by atoms with van der Waals surface area (Å²) in [7, 11) is 0. The van der Waals surface area contributed by atoms with E-state index in [0.29, 0.717) is 36.5 Å². The molecule has 3 heterocycles. The Morgan fingerprint density at radius 3 is 2.60 bits per heavy atom. The molecule has 0 radical (unpaired) electrons. The quantitative estimate of drug-likeness (QED) is 0.586. The molecule has 2 aromatic rings. The van der Waals surface area contributed by atoms with Crippen molar-refractivity contribution in [1.82, 2.24) is 10.6 Å². The highest BCUT2D eigenvalue weighted by molar-refractivity contribution is 5.98. The fourth-order valence-electron chi connectivity index (χ4n) is 4.74. The van der Waals surface area contributed by atoms with E-state index in [0.717, 1.165) is 36.8 Å². The van der Waals surface area contributed by atoms with E-state index in [-0.39, 0.29) is 16.5 Å². The zero-order valence-corrected chi connectivity index (χ0v) is 16.5. The molecule has 3 aliphatic rings. The Hall–Kier alpha value is -3.19. The second kappa shape index (κ2) is 7.57. The molecule has 2 bridgehead atoms. The van der Waals surface area contributed by atoms with Gasteiger partial charge in [0.05, 0.1) is 4.92 Å². The van der Waals surface area contributed by atoms with E-state index in [2.05, 4.69) is 10.6 Å². The molecule has 1 saturated heterocycles. The van der Waals surface area contributed by atoms with Crippen LogP contribution in [0.25, 0.3) is 5.57 Å². The molecule has 2 atom stereocenters. The number of nitro groups is 1. The van der Waals surface area contributed by atoms with Gasteiger partial charge in [-0.05, 0) is 72.2 Å². The van der Waals surface area contributed by atoms with Gasteiger partial charge >= 0.3 is 0 Å². The van der Waals surface area contributed by atoms with Crippen LogP contribution in [0, 0.1) is 10.1 Å². The van der Waals surface area contributed by atoms with Gasteiger partial charge in [0.25, 0.3) is 11.6 Å². The first-order valence-electron chi connectivity index (χ1n) is 10.3. The molecule has 0 aliphatic carbocycles. The van der Waals surface area contributed by atoms with Gasteiger partial charge in [-0.1, -0.05) is 6.07 Å². The smallest absolute Gasteiger partial charge is 0.269 e. The number of nitro benzene ring substituents is 1. The minimum Gasteiger partial charge on any atom is -0.489 e. The summed E-state index contributed by atoms with van der Waals surface area (Å²) in [4.78, 5) is 22.6. The predicted octanol–water partition coefficient (Wildman–Crippen LogP) is 3.59. The van der Waals surface area contributed by atoms with Gasteiger partial charge in [-0.3, -0.25) is 14.9 Å². The van der Waals surface area contributed by atoms with Crippen LogP contribution in [0.5, 0.6) is 5.75 Å². The van der Waals surface area contributed by atoms with Gasteiger partial charge in [0.15, 0.2) is 0 Å². The molecule has 0 saturated carbocycles. The number of fused-ring (bicyclic) bond motifs is 3. The zero-order valence-electron chi connectivity index (χ0n) is 16.5. The molecule has 7 nitrogen and oxygen atoms in total. The summed E-state index contributed by atoms with van der Waals surface area (Å²) < 4.78 is 6.12. The molecule has 30 heavy (non-hydrogen) atoms. The third-order valence-electron chi connectivity index (χ3n) is 6.31. The van der Waals surface area contributed by atoms with Gasteiger partial charge in [-0.25, -0.2) is 0 Å². The molecule has 2 aromatic carbocycles. The summed E-state index contributed by atoms with van der Waals surface area (Å²) in [5.41, 5.74) is 5.22. The fraction of sp³-hybridized carbons (Fsp3) is 0.348. The summed E-state index contributed by atoms with van der Waals surface area (Å²) in [5.74, 6) is 0.626. The molecule has 0 aromatic heterocycles. The monoisotopic (exact) mass is 405 g/mol. The Morgan fingerprint density at radius 2 is 1.83 bits per heavy atom. The van der Waals surface area contributed by atoms with Gasteiger partial charge in [0.1, 0.15) is 12.4 Å². The number of rotatable bonds is 5. The van der Waals surface area contributed by atoms with Crippen molar-refractivity contribution in [2.45, 2.75) is 44.3 Å². The van der Waals surface area contributed by atoms with Crippen molar-refractivity contribution in [2.75, 3.05) is 6.61 Å². The number of nitrogens with one attached hydrogen (secondary N) is 2. The summed E-state index contributed by atoms with van der Waals surface area (Å²) in [6, 6.07) is 13.3.